The van der Waals surface area contributed by atoms with Crippen molar-refractivity contribution in [3.63, 3.8) is 0 Å². The molecule has 1 rings (SSSR count). The monoisotopic (exact) mass is 282 g/mol. The normalized spacial score (nSPS) is 11.4. The van der Waals surface area contributed by atoms with Crippen LogP contribution in [0.25, 0.3) is 0 Å². The second-order valence-corrected chi connectivity index (χ2v) is 4.68. The van der Waals surface area contributed by atoms with Crippen LogP contribution in [0, 0.1) is 4.77 Å². The molecule has 1 aromatic rings. The summed E-state index contributed by atoms with van der Waals surface area (Å²) in [5.41, 5.74) is 3.49. The molecule has 0 aliphatic heterocycles. The molecule has 1 amide bonds. The lowest BCUT2D eigenvalue weighted by atomic mass is 10.2. The lowest BCUT2D eigenvalue weighted by Gasteiger charge is -2.02. The summed E-state index contributed by atoms with van der Waals surface area (Å²) >= 11 is 4.82. The fourth-order valence-corrected chi connectivity index (χ4v) is 1.71. The fraction of sp³-hybridized carbons (Fsp3) is 0.500. The van der Waals surface area contributed by atoms with Crippen LogP contribution in [-0.2, 0) is 11.2 Å². The van der Waals surface area contributed by atoms with E-state index in [2.05, 4.69) is 27.4 Å². The standard InChI is InChI=1S/C12H18N4O2S/c1-3-4-5-8(2)15-16-11(18)7-9-6-10(17)14-12(19)13-9/h6H,3-5,7H2,1-2H3,(H,16,18)(H2,13,14,17,19)/b15-8-. The summed E-state index contributed by atoms with van der Waals surface area (Å²) < 4.78 is 0.206. The molecule has 0 fully saturated rings. The molecule has 0 aromatic carbocycles. The van der Waals surface area contributed by atoms with Crippen LogP contribution in [0.1, 0.15) is 38.8 Å². The first-order valence-corrected chi connectivity index (χ1v) is 6.56. The number of nitrogens with one attached hydrogen (secondary N) is 3. The van der Waals surface area contributed by atoms with Gasteiger partial charge >= 0.3 is 0 Å². The Morgan fingerprint density at radius 1 is 1.47 bits per heavy atom. The number of rotatable bonds is 6. The van der Waals surface area contributed by atoms with Gasteiger partial charge in [0.25, 0.3) is 5.56 Å². The average molecular weight is 282 g/mol. The highest BCUT2D eigenvalue weighted by atomic mass is 32.1. The molecule has 0 radical (unpaired) electrons. The number of carbonyl (C=O) groups excluding carboxylic acids is 1. The second kappa shape index (κ2) is 7.63. The van der Waals surface area contributed by atoms with E-state index in [1.54, 1.807) is 0 Å². The van der Waals surface area contributed by atoms with Crippen molar-refractivity contribution in [3.05, 3.63) is 26.9 Å². The Morgan fingerprint density at radius 3 is 2.84 bits per heavy atom. The Morgan fingerprint density at radius 2 is 2.21 bits per heavy atom. The first-order chi connectivity index (χ1) is 9.01. The molecule has 104 valence electrons. The van der Waals surface area contributed by atoms with Crippen molar-refractivity contribution >= 4 is 23.8 Å². The predicted molar refractivity (Wildman–Crippen MR) is 76.7 cm³/mol. The Balaban J connectivity index is 2.56. The van der Waals surface area contributed by atoms with Gasteiger partial charge in [0.15, 0.2) is 4.77 Å². The van der Waals surface area contributed by atoms with Crippen LogP contribution in [0.5, 0.6) is 0 Å². The Labute approximate surface area is 116 Å². The lowest BCUT2D eigenvalue weighted by Crippen LogP contribution is -2.22. The molecule has 0 aliphatic rings. The summed E-state index contributed by atoms with van der Waals surface area (Å²) in [5.74, 6) is -0.285. The van der Waals surface area contributed by atoms with Gasteiger partial charge in [-0.15, -0.1) is 0 Å². The van der Waals surface area contributed by atoms with Crippen LogP contribution in [-0.4, -0.2) is 21.6 Å². The van der Waals surface area contributed by atoms with E-state index < -0.39 is 0 Å². The Hall–Kier alpha value is -1.76. The number of nitrogens with zero attached hydrogens (tertiary/aromatic N) is 1. The van der Waals surface area contributed by atoms with Crippen molar-refractivity contribution in [1.82, 2.24) is 15.4 Å². The maximum absolute atomic E-state index is 11.6. The Bertz CT molecular complexity index is 545. The minimum absolute atomic E-state index is 0.0398. The molecule has 0 saturated heterocycles. The summed E-state index contributed by atoms with van der Waals surface area (Å²) in [5, 5.41) is 3.99. The smallest absolute Gasteiger partial charge is 0.251 e. The summed E-state index contributed by atoms with van der Waals surface area (Å²) in [6.45, 7) is 3.97. The number of unbranched alkanes of at least 4 members (excludes halogenated alkanes) is 1. The third-order valence-corrected chi connectivity index (χ3v) is 2.63. The van der Waals surface area contributed by atoms with Gasteiger partial charge in [-0.3, -0.25) is 14.6 Å². The number of hydrazone groups is 1. The zero-order chi connectivity index (χ0) is 14.3. The van der Waals surface area contributed by atoms with Crippen LogP contribution < -0.4 is 11.0 Å². The molecule has 0 atom stereocenters. The minimum Gasteiger partial charge on any atom is -0.335 e. The maximum atomic E-state index is 11.6. The average Bonchev–Trinajstić information content (AvgIpc) is 2.32. The van der Waals surface area contributed by atoms with Crippen LogP contribution in [0.3, 0.4) is 0 Å². The molecule has 19 heavy (non-hydrogen) atoms. The largest absolute Gasteiger partial charge is 0.335 e. The molecule has 0 saturated carbocycles. The molecule has 7 heteroatoms. The highest BCUT2D eigenvalue weighted by Gasteiger charge is 2.04. The van der Waals surface area contributed by atoms with Crippen molar-refractivity contribution in [2.24, 2.45) is 5.10 Å². The maximum Gasteiger partial charge on any atom is 0.251 e. The number of H-pyrrole nitrogens is 2. The van der Waals surface area contributed by atoms with Gasteiger partial charge in [0.1, 0.15) is 0 Å². The van der Waals surface area contributed by atoms with Gasteiger partial charge in [0.05, 0.1) is 6.42 Å². The van der Waals surface area contributed by atoms with Gasteiger partial charge in [-0.1, -0.05) is 13.3 Å². The number of aromatic amines is 2. The van der Waals surface area contributed by atoms with Crippen molar-refractivity contribution in [3.8, 4) is 0 Å². The van der Waals surface area contributed by atoms with Crippen molar-refractivity contribution < 1.29 is 4.79 Å². The molecule has 1 aromatic heterocycles. The number of amides is 1. The predicted octanol–water partition coefficient (Wildman–Crippen LogP) is 1.66. The van der Waals surface area contributed by atoms with Crippen molar-refractivity contribution in [2.45, 2.75) is 39.5 Å². The summed E-state index contributed by atoms with van der Waals surface area (Å²) in [4.78, 5) is 28.0. The zero-order valence-electron chi connectivity index (χ0n) is 11.1. The molecule has 0 aliphatic carbocycles. The van der Waals surface area contributed by atoms with E-state index in [1.807, 2.05) is 6.92 Å². The molecule has 1 heterocycles. The molecule has 0 spiro atoms. The first-order valence-electron chi connectivity index (χ1n) is 6.15. The minimum atomic E-state index is -0.325. The van der Waals surface area contributed by atoms with E-state index >= 15 is 0 Å². The summed E-state index contributed by atoms with van der Waals surface area (Å²) in [7, 11) is 0. The van der Waals surface area contributed by atoms with Crippen LogP contribution in [0.2, 0.25) is 0 Å². The van der Waals surface area contributed by atoms with Crippen LogP contribution >= 0.6 is 12.2 Å². The van der Waals surface area contributed by atoms with E-state index in [0.29, 0.717) is 5.69 Å². The number of aromatic nitrogens is 2. The van der Waals surface area contributed by atoms with E-state index in [-0.39, 0.29) is 22.7 Å². The summed E-state index contributed by atoms with van der Waals surface area (Å²) in [6, 6.07) is 1.31. The lowest BCUT2D eigenvalue weighted by molar-refractivity contribution is -0.120. The third kappa shape index (κ3) is 6.10. The molecular weight excluding hydrogens is 264 g/mol. The van der Waals surface area contributed by atoms with E-state index in [4.69, 9.17) is 12.2 Å². The number of carbonyl (C=O) groups is 1. The highest BCUT2D eigenvalue weighted by Crippen LogP contribution is 1.96. The van der Waals surface area contributed by atoms with Crippen molar-refractivity contribution in [1.29, 1.82) is 0 Å². The van der Waals surface area contributed by atoms with Gasteiger partial charge in [-0.05, 0) is 32.0 Å². The van der Waals surface area contributed by atoms with Gasteiger partial charge in [-0.2, -0.15) is 5.10 Å². The fourth-order valence-electron chi connectivity index (χ4n) is 1.47. The van der Waals surface area contributed by atoms with E-state index in [1.165, 1.54) is 6.07 Å². The van der Waals surface area contributed by atoms with Gasteiger partial charge in [0, 0.05) is 17.5 Å². The van der Waals surface area contributed by atoms with E-state index in [0.717, 1.165) is 25.0 Å². The molecule has 6 nitrogen and oxygen atoms in total. The second-order valence-electron chi connectivity index (χ2n) is 4.28. The quantitative estimate of drug-likeness (QED) is 0.421. The first kappa shape index (κ1) is 15.3. The summed E-state index contributed by atoms with van der Waals surface area (Å²) in [6.07, 6.45) is 3.04. The van der Waals surface area contributed by atoms with E-state index in [9.17, 15) is 9.59 Å². The van der Waals surface area contributed by atoms with Gasteiger partial charge < -0.3 is 4.98 Å². The molecular formula is C12H18N4O2S. The van der Waals surface area contributed by atoms with Crippen molar-refractivity contribution in [2.75, 3.05) is 0 Å². The van der Waals surface area contributed by atoms with Crippen LogP contribution in [0.4, 0.5) is 0 Å². The molecule has 3 N–H and O–H groups in total. The van der Waals surface area contributed by atoms with Gasteiger partial charge in [0.2, 0.25) is 5.91 Å². The topological polar surface area (TPSA) is 90.1 Å². The van der Waals surface area contributed by atoms with Crippen LogP contribution in [0.15, 0.2) is 16.0 Å². The molecule has 0 bridgehead atoms. The number of hydrogen-bond donors (Lipinski definition) is 3. The SMILES string of the molecule is CCCC/C(C)=N\NC(=O)Cc1cc(=O)[nH]c(=S)[nH]1. The molecule has 0 unspecified atom stereocenters. The number of hydrogen-bond acceptors (Lipinski definition) is 4. The Kier molecular flexibility index (Phi) is 6.14. The third-order valence-electron chi connectivity index (χ3n) is 2.43. The van der Waals surface area contributed by atoms with Gasteiger partial charge in [-0.25, -0.2) is 5.43 Å². The zero-order valence-corrected chi connectivity index (χ0v) is 11.9. The highest BCUT2D eigenvalue weighted by molar-refractivity contribution is 7.71.